The van der Waals surface area contributed by atoms with E-state index in [1.54, 1.807) is 0 Å². The fourth-order valence-electron chi connectivity index (χ4n) is 1.67. The van der Waals surface area contributed by atoms with E-state index in [0.29, 0.717) is 0 Å². The van der Waals surface area contributed by atoms with Crippen LogP contribution in [0.3, 0.4) is 0 Å². The van der Waals surface area contributed by atoms with Gasteiger partial charge in [0.25, 0.3) is 0 Å². The molecule has 0 aromatic rings. The Morgan fingerprint density at radius 2 is 1.77 bits per heavy atom. The molecular formula is C9H15Cl2NO. The van der Waals surface area contributed by atoms with Crippen LogP contribution >= 0.6 is 23.2 Å². The van der Waals surface area contributed by atoms with Gasteiger partial charge >= 0.3 is 0 Å². The van der Waals surface area contributed by atoms with E-state index in [2.05, 4.69) is 4.90 Å². The van der Waals surface area contributed by atoms with Crippen molar-refractivity contribution in [3.05, 3.63) is 0 Å². The topological polar surface area (TPSA) is 20.3 Å². The van der Waals surface area contributed by atoms with E-state index < -0.39 is 4.84 Å². The molecule has 1 atom stereocenters. The monoisotopic (exact) mass is 223 g/mol. The first-order valence-electron chi connectivity index (χ1n) is 4.69. The van der Waals surface area contributed by atoms with Gasteiger partial charge in [-0.2, -0.15) is 0 Å². The summed E-state index contributed by atoms with van der Waals surface area (Å²) in [5.41, 5.74) is 0. The number of carbonyl (C=O) groups is 1. The molecule has 2 nitrogen and oxygen atoms in total. The van der Waals surface area contributed by atoms with E-state index in [1.807, 2.05) is 6.92 Å². The largest absolute Gasteiger partial charge is 0.295 e. The Hall–Kier alpha value is 0.210. The molecule has 0 bridgehead atoms. The number of hydrogen-bond donors (Lipinski definition) is 0. The molecule has 13 heavy (non-hydrogen) atoms. The van der Waals surface area contributed by atoms with E-state index in [4.69, 9.17) is 23.2 Å². The molecule has 0 spiro atoms. The Morgan fingerprint density at radius 3 is 2.23 bits per heavy atom. The third kappa shape index (κ3) is 3.12. The number of ketones is 1. The number of carbonyl (C=O) groups excluding carboxylic acids is 1. The molecule has 0 aliphatic carbocycles. The van der Waals surface area contributed by atoms with Gasteiger partial charge in [-0.3, -0.25) is 9.69 Å². The van der Waals surface area contributed by atoms with Gasteiger partial charge in [0.05, 0.1) is 6.04 Å². The predicted molar refractivity (Wildman–Crippen MR) is 55.4 cm³/mol. The van der Waals surface area contributed by atoms with Crippen molar-refractivity contribution in [1.82, 2.24) is 4.90 Å². The zero-order valence-corrected chi connectivity index (χ0v) is 9.31. The summed E-state index contributed by atoms with van der Waals surface area (Å²) in [6.07, 6.45) is 3.61. The third-order valence-electron chi connectivity index (χ3n) is 2.57. The highest BCUT2D eigenvalue weighted by molar-refractivity contribution is 6.54. The van der Waals surface area contributed by atoms with Crippen molar-refractivity contribution < 1.29 is 4.79 Å². The van der Waals surface area contributed by atoms with Gasteiger partial charge < -0.3 is 0 Å². The number of halogens is 2. The van der Waals surface area contributed by atoms with Gasteiger partial charge in [0, 0.05) is 0 Å². The van der Waals surface area contributed by atoms with E-state index in [1.165, 1.54) is 19.3 Å². The lowest BCUT2D eigenvalue weighted by Gasteiger charge is -2.31. The van der Waals surface area contributed by atoms with Gasteiger partial charge in [0.15, 0.2) is 10.6 Å². The van der Waals surface area contributed by atoms with Crippen LogP contribution in [0.2, 0.25) is 0 Å². The zero-order valence-electron chi connectivity index (χ0n) is 7.80. The third-order valence-corrected chi connectivity index (χ3v) is 3.00. The number of rotatable bonds is 3. The van der Waals surface area contributed by atoms with Crippen molar-refractivity contribution in [3.63, 3.8) is 0 Å². The Bertz CT molecular complexity index is 178. The molecule has 1 aliphatic heterocycles. The van der Waals surface area contributed by atoms with Crippen LogP contribution in [0.4, 0.5) is 0 Å². The van der Waals surface area contributed by atoms with Crippen LogP contribution in [-0.2, 0) is 4.79 Å². The lowest BCUT2D eigenvalue weighted by molar-refractivity contribution is -0.122. The average Bonchev–Trinajstić information content (AvgIpc) is 2.17. The number of likely N-dealkylation sites (tertiary alicyclic amines) is 1. The van der Waals surface area contributed by atoms with Crippen molar-refractivity contribution in [2.24, 2.45) is 0 Å². The van der Waals surface area contributed by atoms with Crippen LogP contribution in [0, 0.1) is 0 Å². The van der Waals surface area contributed by atoms with E-state index in [0.717, 1.165) is 13.1 Å². The molecule has 1 aliphatic rings. The summed E-state index contributed by atoms with van der Waals surface area (Å²) in [6.45, 7) is 3.87. The van der Waals surface area contributed by atoms with Crippen molar-refractivity contribution >= 4 is 29.0 Å². The fraction of sp³-hybridized carbons (Fsp3) is 0.889. The first-order chi connectivity index (χ1) is 6.13. The molecule has 1 fully saturated rings. The van der Waals surface area contributed by atoms with E-state index >= 15 is 0 Å². The fourth-order valence-corrected chi connectivity index (χ4v) is 2.03. The van der Waals surface area contributed by atoms with Gasteiger partial charge in [-0.05, 0) is 32.9 Å². The lowest BCUT2D eigenvalue weighted by Crippen LogP contribution is -2.43. The Kier molecular flexibility index (Phi) is 4.50. The number of alkyl halides is 2. The average molecular weight is 224 g/mol. The van der Waals surface area contributed by atoms with Gasteiger partial charge in [-0.25, -0.2) is 0 Å². The second-order valence-corrected chi connectivity index (χ2v) is 4.57. The zero-order chi connectivity index (χ0) is 9.84. The van der Waals surface area contributed by atoms with Crippen molar-refractivity contribution in [3.8, 4) is 0 Å². The minimum Gasteiger partial charge on any atom is -0.295 e. The number of hydrogen-bond acceptors (Lipinski definition) is 2. The molecule has 1 unspecified atom stereocenters. The summed E-state index contributed by atoms with van der Waals surface area (Å²) in [6, 6.07) is -0.125. The minimum atomic E-state index is -0.878. The van der Waals surface area contributed by atoms with Gasteiger partial charge in [-0.1, -0.05) is 29.6 Å². The molecular weight excluding hydrogens is 209 g/mol. The molecule has 1 heterocycles. The highest BCUT2D eigenvalue weighted by Gasteiger charge is 2.26. The van der Waals surface area contributed by atoms with E-state index in [9.17, 15) is 4.79 Å². The number of Topliss-reactive ketones (excluding diaryl/α,β-unsaturated/α-hetero) is 1. The van der Waals surface area contributed by atoms with Gasteiger partial charge in [0.1, 0.15) is 0 Å². The van der Waals surface area contributed by atoms with E-state index in [-0.39, 0.29) is 11.8 Å². The normalized spacial score (nSPS) is 21.8. The summed E-state index contributed by atoms with van der Waals surface area (Å²) in [4.78, 5) is 12.7. The highest BCUT2D eigenvalue weighted by atomic mass is 35.5. The molecule has 0 saturated carbocycles. The van der Waals surface area contributed by atoms with Gasteiger partial charge in [-0.15, -0.1) is 0 Å². The maximum Gasteiger partial charge on any atom is 0.182 e. The first-order valence-corrected chi connectivity index (χ1v) is 5.56. The number of piperidine rings is 1. The minimum absolute atomic E-state index is 0.0785. The molecule has 76 valence electrons. The molecule has 0 aromatic carbocycles. The summed E-state index contributed by atoms with van der Waals surface area (Å²) < 4.78 is 0. The van der Waals surface area contributed by atoms with Crippen molar-refractivity contribution in [2.75, 3.05) is 13.1 Å². The SMILES string of the molecule is CC(C(=O)C(Cl)Cl)N1CCCCC1. The summed E-state index contributed by atoms with van der Waals surface area (Å²) in [5, 5.41) is 0. The second-order valence-electron chi connectivity index (χ2n) is 3.48. The highest BCUT2D eigenvalue weighted by Crippen LogP contribution is 2.16. The molecule has 1 saturated heterocycles. The number of nitrogens with zero attached hydrogens (tertiary/aromatic N) is 1. The Balaban J connectivity index is 2.45. The summed E-state index contributed by atoms with van der Waals surface area (Å²) in [5.74, 6) is -0.0785. The maximum atomic E-state index is 11.4. The van der Waals surface area contributed by atoms with Crippen LogP contribution in [0.1, 0.15) is 26.2 Å². The molecule has 0 amide bonds. The van der Waals surface area contributed by atoms with Crippen molar-refractivity contribution in [1.29, 1.82) is 0 Å². The Morgan fingerprint density at radius 1 is 1.23 bits per heavy atom. The first kappa shape index (κ1) is 11.3. The van der Waals surface area contributed by atoms with Crippen LogP contribution in [0.5, 0.6) is 0 Å². The van der Waals surface area contributed by atoms with Crippen LogP contribution in [0.25, 0.3) is 0 Å². The molecule has 4 heteroatoms. The lowest BCUT2D eigenvalue weighted by atomic mass is 10.1. The molecule has 0 N–H and O–H groups in total. The molecule has 1 rings (SSSR count). The summed E-state index contributed by atoms with van der Waals surface area (Å²) >= 11 is 11.1. The van der Waals surface area contributed by atoms with Crippen molar-refractivity contribution in [2.45, 2.75) is 37.1 Å². The Labute approximate surface area is 89.2 Å². The quantitative estimate of drug-likeness (QED) is 0.685. The van der Waals surface area contributed by atoms with Crippen LogP contribution in [0.15, 0.2) is 0 Å². The molecule has 0 radical (unpaired) electrons. The second kappa shape index (κ2) is 5.18. The molecule has 0 aromatic heterocycles. The smallest absolute Gasteiger partial charge is 0.182 e. The van der Waals surface area contributed by atoms with Crippen LogP contribution in [-0.4, -0.2) is 34.7 Å². The standard InChI is InChI=1S/C9H15Cl2NO/c1-7(8(13)9(10)11)12-5-3-2-4-6-12/h7,9H,2-6H2,1H3. The van der Waals surface area contributed by atoms with Crippen LogP contribution < -0.4 is 0 Å². The maximum absolute atomic E-state index is 11.4. The summed E-state index contributed by atoms with van der Waals surface area (Å²) in [7, 11) is 0. The van der Waals surface area contributed by atoms with Gasteiger partial charge in [0.2, 0.25) is 0 Å². The predicted octanol–water partition coefficient (Wildman–Crippen LogP) is 2.23.